The number of carbonyl (C=O) groups excluding carboxylic acids is 2. The summed E-state index contributed by atoms with van der Waals surface area (Å²) in [6, 6.07) is 24.0. The van der Waals surface area contributed by atoms with Gasteiger partial charge in [0.2, 0.25) is 11.8 Å². The third-order valence-electron chi connectivity index (χ3n) is 17.6. The number of nitrogens with one attached hydrogen (secondary N) is 2. The number of hydrogen-bond acceptors (Lipinski definition) is 10. The van der Waals surface area contributed by atoms with Crippen molar-refractivity contribution in [2.24, 2.45) is 17.1 Å². The number of nitrogens with zero attached hydrogens (tertiary/aromatic N) is 6. The van der Waals surface area contributed by atoms with Crippen molar-refractivity contribution in [3.05, 3.63) is 135 Å². The Morgan fingerprint density at radius 2 is 1.51 bits per heavy atom. The van der Waals surface area contributed by atoms with E-state index in [4.69, 9.17) is 27.1 Å². The lowest BCUT2D eigenvalue weighted by Crippen LogP contribution is -2.56. The molecule has 2 aromatic heterocycles. The van der Waals surface area contributed by atoms with Gasteiger partial charge in [0.15, 0.2) is 0 Å². The van der Waals surface area contributed by atoms with Crippen LogP contribution in [0.15, 0.2) is 102 Å². The quantitative estimate of drug-likeness (QED) is 0.117. The highest BCUT2D eigenvalue weighted by molar-refractivity contribution is 6.35. The van der Waals surface area contributed by atoms with Crippen LogP contribution in [0.3, 0.4) is 0 Å². The van der Waals surface area contributed by atoms with Gasteiger partial charge in [0.1, 0.15) is 17.9 Å². The first-order chi connectivity index (χ1) is 37.8. The Morgan fingerprint density at radius 3 is 2.21 bits per heavy atom. The fourth-order valence-electron chi connectivity index (χ4n) is 13.2. The second kappa shape index (κ2) is 25.7. The summed E-state index contributed by atoms with van der Waals surface area (Å²) in [6.07, 6.45) is 20.9. The Labute approximate surface area is 468 Å². The molecule has 2 saturated carbocycles. The van der Waals surface area contributed by atoms with Gasteiger partial charge in [0.25, 0.3) is 5.56 Å². The number of morpholine rings is 1. The molecule has 11 rings (SSSR count). The molecule has 3 unspecified atom stereocenters. The van der Waals surface area contributed by atoms with E-state index < -0.39 is 12.1 Å². The largest absolute Gasteiger partial charge is 0.401 e. The van der Waals surface area contributed by atoms with Crippen LogP contribution in [0.1, 0.15) is 159 Å². The van der Waals surface area contributed by atoms with Gasteiger partial charge in [-0.25, -0.2) is 0 Å². The zero-order chi connectivity index (χ0) is 55.0. The molecule has 14 heteroatoms. The number of nitrogens with two attached hydrogens (primary N) is 1. The molecule has 13 nitrogen and oxygen atoms in total. The normalized spacial score (nSPS) is 20.9. The number of amides is 2. The Kier molecular flexibility index (Phi) is 18.8. The topological polar surface area (TPSA) is 151 Å². The van der Waals surface area contributed by atoms with Gasteiger partial charge in [-0.2, -0.15) is 4.98 Å². The van der Waals surface area contributed by atoms with Gasteiger partial charge in [0, 0.05) is 50.5 Å². The van der Waals surface area contributed by atoms with Crippen molar-refractivity contribution in [3.63, 3.8) is 0 Å². The number of aromatic nitrogens is 3. The summed E-state index contributed by atoms with van der Waals surface area (Å²) in [5, 5.41) is 7.79. The monoisotopic (exact) mass is 1080 g/mol. The molecule has 4 N–H and O–H groups in total. The van der Waals surface area contributed by atoms with E-state index in [2.05, 4.69) is 100 Å². The minimum absolute atomic E-state index is 0.0423. The van der Waals surface area contributed by atoms with Crippen molar-refractivity contribution in [2.75, 3.05) is 59.5 Å². The molecule has 78 heavy (non-hydrogen) atoms. The highest BCUT2D eigenvalue weighted by Gasteiger charge is 2.47. The van der Waals surface area contributed by atoms with Crippen LogP contribution >= 0.6 is 11.6 Å². The highest BCUT2D eigenvalue weighted by atomic mass is 35.5. The van der Waals surface area contributed by atoms with E-state index in [9.17, 15) is 14.4 Å². The number of allylic oxidation sites excluding steroid dienone is 1. The Morgan fingerprint density at radius 1 is 0.833 bits per heavy atom. The van der Waals surface area contributed by atoms with Gasteiger partial charge in [-0.05, 0) is 147 Å². The smallest absolute Gasteiger partial charge is 0.282 e. The van der Waals surface area contributed by atoms with E-state index >= 15 is 0 Å². The average Bonchev–Trinajstić information content (AvgIpc) is 4.14. The molecule has 1 spiro atoms. The molecule has 3 aromatic carbocycles. The second-order valence-electron chi connectivity index (χ2n) is 23.7. The van der Waals surface area contributed by atoms with Gasteiger partial charge in [-0.1, -0.05) is 127 Å². The number of rotatable bonds is 11. The number of benzene rings is 3. The van der Waals surface area contributed by atoms with Crippen LogP contribution in [0.4, 0.5) is 0 Å². The number of hydrogen-bond donors (Lipinski definition) is 3. The van der Waals surface area contributed by atoms with Crippen molar-refractivity contribution in [3.8, 4) is 16.8 Å². The summed E-state index contributed by atoms with van der Waals surface area (Å²) >= 11 is 6.48. The van der Waals surface area contributed by atoms with Gasteiger partial charge in [-0.15, -0.1) is 0 Å². The highest BCUT2D eigenvalue weighted by Crippen LogP contribution is 2.52. The van der Waals surface area contributed by atoms with E-state index in [1.165, 1.54) is 68.2 Å². The molecule has 6 aliphatic rings. The van der Waals surface area contributed by atoms with Crippen molar-refractivity contribution in [1.29, 1.82) is 0 Å². The standard InChI is InChI=1S/C36H52N6O3.C26H28ClN3O.C2H6/c1-36(2,3)33(39-24-30(37)28-8-5-4-6-9-28)35(44)42-19-7-10-32(42)34(43)40-31(25-41-20-22-45-23-21-41)29-13-11-26(12-14-29)27-15-17-38-18-16-27;1-29-14-10-17(11-15-29)18-8-9-19-22(16-18)30-21-7-5-6-20(27)23(21)24(31)28-25(30)26(19)12-3-2-4-13-26;1-2/h11-18,24,28,31-33,39H,4-10,19-23,25,37H2,1-3H3,(H,40,43);5-9,16-17H,2-4,10-15H2,1H3;1-2H3/b30-24-;;. The van der Waals surface area contributed by atoms with Crippen molar-refractivity contribution in [1.82, 2.24) is 39.9 Å². The summed E-state index contributed by atoms with van der Waals surface area (Å²) in [5.74, 6) is 1.76. The number of ether oxygens (including phenoxy) is 1. The van der Waals surface area contributed by atoms with Crippen LogP contribution in [0.25, 0.3) is 27.7 Å². The first-order valence-electron chi connectivity index (χ1n) is 29.5. The molecule has 2 aliphatic carbocycles. The van der Waals surface area contributed by atoms with E-state index in [1.54, 1.807) is 23.4 Å². The Bertz CT molecular complexity index is 2910. The number of halogens is 1. The van der Waals surface area contributed by atoms with E-state index in [-0.39, 0.29) is 34.2 Å². The third-order valence-corrected chi connectivity index (χ3v) is 17.9. The minimum Gasteiger partial charge on any atom is -0.401 e. The van der Waals surface area contributed by atoms with Crippen molar-refractivity contribution in [2.45, 2.75) is 154 Å². The molecule has 6 heterocycles. The zero-order valence-corrected chi connectivity index (χ0v) is 48.1. The molecule has 0 bridgehead atoms. The summed E-state index contributed by atoms with van der Waals surface area (Å²) in [6.45, 7) is 16.8. The van der Waals surface area contributed by atoms with Crippen molar-refractivity contribution < 1.29 is 14.3 Å². The van der Waals surface area contributed by atoms with Crippen LogP contribution in [0.2, 0.25) is 5.02 Å². The minimum atomic E-state index is -0.507. The lowest BCUT2D eigenvalue weighted by molar-refractivity contribution is -0.142. The predicted octanol–water partition coefficient (Wildman–Crippen LogP) is 11.1. The number of carbonyl (C=O) groups is 2. The average molecular weight is 1080 g/mol. The summed E-state index contributed by atoms with van der Waals surface area (Å²) in [5.41, 5.74) is 14.7. The Balaban J connectivity index is 0.000000195. The third kappa shape index (κ3) is 12.5. The molecule has 3 saturated heterocycles. The molecular weight excluding hydrogens is 994 g/mol. The Hall–Kier alpha value is -5.60. The van der Waals surface area contributed by atoms with Crippen LogP contribution in [-0.2, 0) is 19.7 Å². The lowest BCUT2D eigenvalue weighted by atomic mass is 9.69. The van der Waals surface area contributed by atoms with E-state index in [0.29, 0.717) is 55.0 Å². The van der Waals surface area contributed by atoms with E-state index in [1.807, 2.05) is 44.3 Å². The van der Waals surface area contributed by atoms with Crippen molar-refractivity contribution >= 4 is 34.3 Å². The van der Waals surface area contributed by atoms with Gasteiger partial charge < -0.3 is 30.9 Å². The van der Waals surface area contributed by atoms with Gasteiger partial charge in [-0.3, -0.25) is 28.8 Å². The zero-order valence-electron chi connectivity index (χ0n) is 47.4. The van der Waals surface area contributed by atoms with Crippen LogP contribution < -0.4 is 21.9 Å². The molecule has 418 valence electrons. The number of likely N-dealkylation sites (tertiary alicyclic amines) is 2. The molecule has 2 amide bonds. The molecule has 4 aliphatic heterocycles. The first-order valence-corrected chi connectivity index (χ1v) is 29.8. The molecule has 5 aromatic rings. The SMILES string of the molecule is CC.CC(C)(C)C(N/C=C(\N)C1CCCCC1)C(=O)N1CCCC1C(=O)NC(CN1CCOCC1)c1ccc(-c2ccncc2)cc1.CN1CCC(c2ccc3c(c2)-n2c(nc(=O)c4c(Cl)cccc42)C32CCCCC2)CC1. The number of fused-ring (bicyclic) bond motifs is 7. The van der Waals surface area contributed by atoms with Crippen LogP contribution in [0.5, 0.6) is 0 Å². The molecule has 3 atom stereocenters. The maximum Gasteiger partial charge on any atom is 0.282 e. The number of pyridine rings is 1. The van der Waals surface area contributed by atoms with Crippen LogP contribution in [0, 0.1) is 11.3 Å². The number of piperidine rings is 1. The lowest BCUT2D eigenvalue weighted by Gasteiger charge is -2.36. The summed E-state index contributed by atoms with van der Waals surface area (Å²) < 4.78 is 7.84. The summed E-state index contributed by atoms with van der Waals surface area (Å²) in [7, 11) is 2.21. The molecular formula is C64H86ClN9O4. The fraction of sp³-hybridized carbons (Fsp3) is 0.547. The second-order valence-corrected chi connectivity index (χ2v) is 24.1. The fourth-order valence-corrected chi connectivity index (χ4v) is 13.4. The van der Waals surface area contributed by atoms with Gasteiger partial charge in [0.05, 0.1) is 46.3 Å². The van der Waals surface area contributed by atoms with Crippen LogP contribution in [-0.4, -0.2) is 113 Å². The molecule has 0 radical (unpaired) electrons. The molecule has 5 fully saturated rings. The maximum absolute atomic E-state index is 14.1. The predicted molar refractivity (Wildman–Crippen MR) is 315 cm³/mol. The first kappa shape index (κ1) is 57.1. The maximum atomic E-state index is 14.1. The summed E-state index contributed by atoms with van der Waals surface area (Å²) in [4.78, 5) is 56.6. The van der Waals surface area contributed by atoms with Gasteiger partial charge >= 0.3 is 0 Å². The van der Waals surface area contributed by atoms with E-state index in [0.717, 1.165) is 92.0 Å².